The van der Waals surface area contributed by atoms with Gasteiger partial charge >= 0.3 is 0 Å². The van der Waals surface area contributed by atoms with E-state index in [4.69, 9.17) is 16.3 Å². The van der Waals surface area contributed by atoms with E-state index in [9.17, 15) is 4.79 Å². The van der Waals surface area contributed by atoms with Crippen molar-refractivity contribution in [1.29, 1.82) is 0 Å². The Hall–Kier alpha value is -3.12. The largest absolute Gasteiger partial charge is 0.495 e. The lowest BCUT2D eigenvalue weighted by Crippen LogP contribution is -2.13. The highest BCUT2D eigenvalue weighted by Gasteiger charge is 2.11. The maximum atomic E-state index is 12.4. The molecule has 0 unspecified atom stereocenters. The third-order valence-corrected chi connectivity index (χ3v) is 4.44. The third-order valence-electron chi connectivity index (χ3n) is 4.03. The summed E-state index contributed by atoms with van der Waals surface area (Å²) in [5.74, 6) is 0.661. The van der Waals surface area contributed by atoms with Gasteiger partial charge in [0.05, 0.1) is 18.4 Å². The predicted octanol–water partition coefficient (Wildman–Crippen LogP) is 4.75. The molecule has 27 heavy (non-hydrogen) atoms. The van der Waals surface area contributed by atoms with Crippen molar-refractivity contribution in [1.82, 2.24) is 9.97 Å². The van der Waals surface area contributed by atoms with Crippen LogP contribution in [-0.2, 0) is 0 Å². The number of para-hydroxylation sites is 1. The zero-order valence-corrected chi connectivity index (χ0v) is 16.0. The normalized spacial score (nSPS) is 10.4. The lowest BCUT2D eigenvalue weighted by molar-refractivity contribution is 0.102. The molecule has 2 N–H and O–H groups in total. The molecule has 1 amide bonds. The average Bonchev–Trinajstić information content (AvgIpc) is 2.67. The molecule has 0 fully saturated rings. The molecule has 138 valence electrons. The summed E-state index contributed by atoms with van der Waals surface area (Å²) in [5, 5.41) is 6.54. The molecule has 0 saturated carbocycles. The Kier molecular flexibility index (Phi) is 5.57. The van der Waals surface area contributed by atoms with E-state index in [1.54, 1.807) is 13.2 Å². The summed E-state index contributed by atoms with van der Waals surface area (Å²) in [6, 6.07) is 11.1. The molecule has 0 atom stereocenters. The van der Waals surface area contributed by atoms with Crippen LogP contribution in [0.4, 0.5) is 17.3 Å². The fraction of sp³-hybridized carbons (Fsp3) is 0.150. The standard InChI is InChI=1S/C20H19ClN4O2/c1-12-6-4-5-7-16(12)24-19(26)14-10-22-20(23-11-14)25-17-8-13(2)15(21)9-18(17)27-3/h4-11H,1-3H3,(H,24,26)(H,22,23,25). The van der Waals surface area contributed by atoms with Crippen LogP contribution in [-0.4, -0.2) is 23.0 Å². The number of carbonyl (C=O) groups excluding carboxylic acids is 1. The summed E-state index contributed by atoms with van der Waals surface area (Å²) >= 11 is 6.12. The first-order chi connectivity index (χ1) is 13.0. The number of benzene rings is 2. The topological polar surface area (TPSA) is 76.1 Å². The molecule has 2 aromatic carbocycles. The number of anilines is 3. The highest BCUT2D eigenvalue weighted by Crippen LogP contribution is 2.32. The molecule has 0 aliphatic rings. The Balaban J connectivity index is 1.75. The minimum atomic E-state index is -0.268. The monoisotopic (exact) mass is 382 g/mol. The summed E-state index contributed by atoms with van der Waals surface area (Å²) < 4.78 is 5.33. The molecule has 0 aliphatic carbocycles. The van der Waals surface area contributed by atoms with E-state index in [2.05, 4.69) is 20.6 Å². The van der Waals surface area contributed by atoms with Gasteiger partial charge in [0.25, 0.3) is 5.91 Å². The van der Waals surface area contributed by atoms with Crippen LogP contribution >= 0.6 is 11.6 Å². The van der Waals surface area contributed by atoms with Crippen LogP contribution in [0.2, 0.25) is 5.02 Å². The minimum absolute atomic E-state index is 0.268. The number of carbonyl (C=O) groups is 1. The van der Waals surface area contributed by atoms with E-state index < -0.39 is 0 Å². The molecule has 0 aliphatic heterocycles. The highest BCUT2D eigenvalue weighted by molar-refractivity contribution is 6.31. The average molecular weight is 383 g/mol. The van der Waals surface area contributed by atoms with E-state index in [1.807, 2.05) is 44.2 Å². The van der Waals surface area contributed by atoms with Gasteiger partial charge in [0.1, 0.15) is 5.75 Å². The Morgan fingerprint density at radius 2 is 1.74 bits per heavy atom. The Bertz CT molecular complexity index is 974. The second-order valence-electron chi connectivity index (χ2n) is 5.99. The molecule has 0 radical (unpaired) electrons. The van der Waals surface area contributed by atoms with E-state index >= 15 is 0 Å². The van der Waals surface area contributed by atoms with Crippen molar-refractivity contribution in [2.75, 3.05) is 17.7 Å². The summed E-state index contributed by atoms with van der Waals surface area (Å²) in [6.45, 7) is 3.83. The van der Waals surface area contributed by atoms with E-state index in [1.165, 1.54) is 12.4 Å². The fourth-order valence-electron chi connectivity index (χ4n) is 2.47. The molecule has 3 aromatic rings. The summed E-state index contributed by atoms with van der Waals surface area (Å²) in [4.78, 5) is 20.8. The lowest BCUT2D eigenvalue weighted by atomic mass is 10.2. The smallest absolute Gasteiger partial charge is 0.258 e. The lowest BCUT2D eigenvalue weighted by Gasteiger charge is -2.12. The van der Waals surface area contributed by atoms with Crippen molar-refractivity contribution in [2.45, 2.75) is 13.8 Å². The number of aromatic nitrogens is 2. The number of nitrogens with one attached hydrogen (secondary N) is 2. The van der Waals surface area contributed by atoms with Crippen LogP contribution in [0, 0.1) is 13.8 Å². The van der Waals surface area contributed by atoms with Gasteiger partial charge in [-0.2, -0.15) is 0 Å². The highest BCUT2D eigenvalue weighted by atomic mass is 35.5. The fourth-order valence-corrected chi connectivity index (χ4v) is 2.62. The molecule has 0 spiro atoms. The van der Waals surface area contributed by atoms with Crippen LogP contribution in [0.15, 0.2) is 48.8 Å². The first-order valence-electron chi connectivity index (χ1n) is 8.28. The number of hydrogen-bond acceptors (Lipinski definition) is 5. The summed E-state index contributed by atoms with van der Waals surface area (Å²) in [6.07, 6.45) is 2.94. The number of aryl methyl sites for hydroxylation is 2. The van der Waals surface area contributed by atoms with E-state index in [-0.39, 0.29) is 5.91 Å². The molecule has 7 heteroatoms. The van der Waals surface area contributed by atoms with Gasteiger partial charge in [0.2, 0.25) is 5.95 Å². The molecule has 3 rings (SSSR count). The zero-order chi connectivity index (χ0) is 19.4. The summed E-state index contributed by atoms with van der Waals surface area (Å²) in [5.41, 5.74) is 3.69. The third kappa shape index (κ3) is 4.35. The quantitative estimate of drug-likeness (QED) is 0.665. The van der Waals surface area contributed by atoms with E-state index in [0.717, 1.165) is 16.8 Å². The first-order valence-corrected chi connectivity index (χ1v) is 8.66. The number of ether oxygens (including phenoxy) is 1. The second-order valence-corrected chi connectivity index (χ2v) is 6.40. The van der Waals surface area contributed by atoms with Gasteiger partial charge in [-0.05, 0) is 37.1 Å². The second kappa shape index (κ2) is 8.05. The molecule has 6 nitrogen and oxygen atoms in total. The molecule has 1 aromatic heterocycles. The maximum Gasteiger partial charge on any atom is 0.258 e. The zero-order valence-electron chi connectivity index (χ0n) is 15.2. The van der Waals surface area contributed by atoms with Gasteiger partial charge in [-0.1, -0.05) is 29.8 Å². The van der Waals surface area contributed by atoms with Gasteiger partial charge in [0, 0.05) is 29.2 Å². The number of methoxy groups -OCH3 is 1. The first kappa shape index (κ1) is 18.7. The number of rotatable bonds is 5. The van der Waals surface area contributed by atoms with Gasteiger partial charge in [-0.25, -0.2) is 9.97 Å². The predicted molar refractivity (Wildman–Crippen MR) is 107 cm³/mol. The van der Waals surface area contributed by atoms with Crippen molar-refractivity contribution in [3.8, 4) is 5.75 Å². The number of nitrogens with zero attached hydrogens (tertiary/aromatic N) is 2. The van der Waals surface area contributed by atoms with E-state index in [0.29, 0.717) is 28.0 Å². The van der Waals surface area contributed by atoms with Crippen LogP contribution in [0.5, 0.6) is 5.75 Å². The SMILES string of the molecule is COc1cc(Cl)c(C)cc1Nc1ncc(C(=O)Nc2ccccc2C)cn1. The van der Waals surface area contributed by atoms with Crippen LogP contribution < -0.4 is 15.4 Å². The molecule has 0 saturated heterocycles. The molecule has 0 bridgehead atoms. The number of amides is 1. The number of hydrogen-bond donors (Lipinski definition) is 2. The van der Waals surface area contributed by atoms with Crippen LogP contribution in [0.25, 0.3) is 0 Å². The molecular formula is C20H19ClN4O2. The Morgan fingerprint density at radius 1 is 1.04 bits per heavy atom. The summed E-state index contributed by atoms with van der Waals surface area (Å²) in [7, 11) is 1.56. The van der Waals surface area contributed by atoms with Crippen molar-refractivity contribution in [2.24, 2.45) is 0 Å². The minimum Gasteiger partial charge on any atom is -0.495 e. The van der Waals surface area contributed by atoms with Gasteiger partial charge in [-0.15, -0.1) is 0 Å². The molecular weight excluding hydrogens is 364 g/mol. The Labute approximate surface area is 162 Å². The van der Waals surface area contributed by atoms with Crippen LogP contribution in [0.1, 0.15) is 21.5 Å². The van der Waals surface area contributed by atoms with Crippen LogP contribution in [0.3, 0.4) is 0 Å². The van der Waals surface area contributed by atoms with Crippen molar-refractivity contribution < 1.29 is 9.53 Å². The maximum absolute atomic E-state index is 12.4. The van der Waals surface area contributed by atoms with Gasteiger partial charge in [0.15, 0.2) is 0 Å². The number of halogens is 1. The van der Waals surface area contributed by atoms with Gasteiger partial charge in [-0.3, -0.25) is 4.79 Å². The van der Waals surface area contributed by atoms with Crippen molar-refractivity contribution in [3.05, 3.63) is 70.5 Å². The molecule has 1 heterocycles. The van der Waals surface area contributed by atoms with Crippen molar-refractivity contribution >= 4 is 34.8 Å². The Morgan fingerprint density at radius 3 is 2.41 bits per heavy atom. The van der Waals surface area contributed by atoms with Gasteiger partial charge < -0.3 is 15.4 Å². The van der Waals surface area contributed by atoms with Crippen molar-refractivity contribution in [3.63, 3.8) is 0 Å².